The standard InChI is InChI=1S/C16H15ClFNO3S/c17-13-3-7-15(8-4-13)23(21,22)11-16(20)19-10-9-12-1-5-14(18)6-2-12/h1-8H,9-11H2,(H,19,20). The molecule has 1 N–H and O–H groups in total. The number of carbonyl (C=O) groups is 1. The number of amides is 1. The molecule has 2 rings (SSSR count). The summed E-state index contributed by atoms with van der Waals surface area (Å²) in [6, 6.07) is 11.6. The van der Waals surface area contributed by atoms with Gasteiger partial charge in [-0.15, -0.1) is 0 Å². The van der Waals surface area contributed by atoms with Crippen molar-refractivity contribution < 1.29 is 17.6 Å². The second-order valence-electron chi connectivity index (χ2n) is 4.94. The number of hydrogen-bond donors (Lipinski definition) is 1. The van der Waals surface area contributed by atoms with E-state index in [4.69, 9.17) is 11.6 Å². The van der Waals surface area contributed by atoms with Crippen LogP contribution < -0.4 is 5.32 Å². The summed E-state index contributed by atoms with van der Waals surface area (Å²) in [5, 5.41) is 2.97. The number of rotatable bonds is 6. The molecule has 0 spiro atoms. The largest absolute Gasteiger partial charge is 0.355 e. The highest BCUT2D eigenvalue weighted by Gasteiger charge is 2.18. The summed E-state index contributed by atoms with van der Waals surface area (Å²) in [5.41, 5.74) is 0.854. The van der Waals surface area contributed by atoms with Crippen LogP contribution in [0.3, 0.4) is 0 Å². The van der Waals surface area contributed by atoms with Crippen LogP contribution in [0.15, 0.2) is 53.4 Å². The van der Waals surface area contributed by atoms with Crippen molar-refractivity contribution in [3.63, 3.8) is 0 Å². The van der Waals surface area contributed by atoms with Gasteiger partial charge in [0, 0.05) is 11.6 Å². The highest BCUT2D eigenvalue weighted by molar-refractivity contribution is 7.92. The van der Waals surface area contributed by atoms with Crippen LogP contribution in [0.5, 0.6) is 0 Å². The smallest absolute Gasteiger partial charge is 0.235 e. The molecule has 0 aliphatic carbocycles. The Morgan fingerprint density at radius 3 is 2.26 bits per heavy atom. The molecule has 1 amide bonds. The lowest BCUT2D eigenvalue weighted by atomic mass is 10.1. The molecule has 0 bridgehead atoms. The lowest BCUT2D eigenvalue weighted by Gasteiger charge is -2.07. The maximum Gasteiger partial charge on any atom is 0.235 e. The number of benzene rings is 2. The average molecular weight is 356 g/mol. The Morgan fingerprint density at radius 2 is 1.65 bits per heavy atom. The van der Waals surface area contributed by atoms with Gasteiger partial charge in [-0.25, -0.2) is 12.8 Å². The summed E-state index contributed by atoms with van der Waals surface area (Å²) < 4.78 is 36.9. The van der Waals surface area contributed by atoms with Crippen molar-refractivity contribution in [3.8, 4) is 0 Å². The Morgan fingerprint density at radius 1 is 1.04 bits per heavy atom. The van der Waals surface area contributed by atoms with E-state index < -0.39 is 21.5 Å². The number of halogens is 2. The Labute approximate surface area is 139 Å². The first-order valence-electron chi connectivity index (χ1n) is 6.86. The van der Waals surface area contributed by atoms with Gasteiger partial charge in [0.2, 0.25) is 5.91 Å². The van der Waals surface area contributed by atoms with Crippen LogP contribution in [-0.4, -0.2) is 26.6 Å². The molecular formula is C16H15ClFNO3S. The second-order valence-corrected chi connectivity index (χ2v) is 7.37. The first kappa shape index (κ1) is 17.4. The van der Waals surface area contributed by atoms with Gasteiger partial charge in [-0.2, -0.15) is 0 Å². The van der Waals surface area contributed by atoms with E-state index in [1.807, 2.05) is 0 Å². The van der Waals surface area contributed by atoms with E-state index in [0.29, 0.717) is 11.4 Å². The summed E-state index contributed by atoms with van der Waals surface area (Å²) in [4.78, 5) is 11.8. The van der Waals surface area contributed by atoms with Crippen LogP contribution in [0.2, 0.25) is 5.02 Å². The Hall–Kier alpha value is -1.92. The van der Waals surface area contributed by atoms with Crippen molar-refractivity contribution in [2.24, 2.45) is 0 Å². The number of carbonyl (C=O) groups excluding carboxylic acids is 1. The lowest BCUT2D eigenvalue weighted by molar-refractivity contribution is -0.118. The summed E-state index contributed by atoms with van der Waals surface area (Å²) in [6.07, 6.45) is 0.493. The van der Waals surface area contributed by atoms with Crippen molar-refractivity contribution in [2.45, 2.75) is 11.3 Å². The van der Waals surface area contributed by atoms with Gasteiger partial charge in [0.15, 0.2) is 9.84 Å². The van der Waals surface area contributed by atoms with Crippen LogP contribution in [-0.2, 0) is 21.1 Å². The Kier molecular flexibility index (Phi) is 5.74. The third-order valence-corrected chi connectivity index (χ3v) is 5.03. The van der Waals surface area contributed by atoms with Gasteiger partial charge in [-0.05, 0) is 48.4 Å². The third-order valence-electron chi connectivity index (χ3n) is 3.14. The summed E-state index contributed by atoms with van der Waals surface area (Å²) >= 11 is 5.71. The quantitative estimate of drug-likeness (QED) is 0.866. The van der Waals surface area contributed by atoms with Crippen molar-refractivity contribution >= 4 is 27.3 Å². The van der Waals surface area contributed by atoms with Gasteiger partial charge < -0.3 is 5.32 Å². The molecule has 0 aliphatic heterocycles. The summed E-state index contributed by atoms with van der Waals surface area (Å²) in [7, 11) is -3.70. The molecule has 2 aromatic carbocycles. The maximum absolute atomic E-state index is 12.8. The van der Waals surface area contributed by atoms with Gasteiger partial charge >= 0.3 is 0 Å². The first-order chi connectivity index (χ1) is 10.9. The zero-order valence-electron chi connectivity index (χ0n) is 12.1. The average Bonchev–Trinajstić information content (AvgIpc) is 2.49. The summed E-state index contributed by atoms with van der Waals surface area (Å²) in [5.74, 6) is -1.54. The minimum absolute atomic E-state index is 0.0515. The van der Waals surface area contributed by atoms with Crippen molar-refractivity contribution in [1.29, 1.82) is 0 Å². The van der Waals surface area contributed by atoms with Crippen LogP contribution in [0.4, 0.5) is 4.39 Å². The number of sulfone groups is 1. The molecule has 4 nitrogen and oxygen atoms in total. The molecule has 2 aromatic rings. The maximum atomic E-state index is 12.8. The van der Waals surface area contributed by atoms with Gasteiger partial charge in [0.1, 0.15) is 11.6 Å². The molecule has 0 fully saturated rings. The van der Waals surface area contributed by atoms with Crippen molar-refractivity contribution in [2.75, 3.05) is 12.3 Å². The molecule has 0 unspecified atom stereocenters. The van der Waals surface area contributed by atoms with Gasteiger partial charge in [-0.1, -0.05) is 23.7 Å². The molecule has 0 saturated heterocycles. The fraction of sp³-hybridized carbons (Fsp3) is 0.188. The highest BCUT2D eigenvalue weighted by Crippen LogP contribution is 2.15. The van der Waals surface area contributed by atoms with Crippen LogP contribution >= 0.6 is 11.6 Å². The fourth-order valence-corrected chi connectivity index (χ4v) is 3.24. The Bertz CT molecular complexity index is 774. The highest BCUT2D eigenvalue weighted by atomic mass is 35.5. The van der Waals surface area contributed by atoms with Crippen molar-refractivity contribution in [3.05, 3.63) is 64.9 Å². The fourth-order valence-electron chi connectivity index (χ4n) is 1.95. The van der Waals surface area contributed by atoms with E-state index >= 15 is 0 Å². The molecule has 0 heterocycles. The molecule has 0 aliphatic rings. The summed E-state index contributed by atoms with van der Waals surface area (Å²) in [6.45, 7) is 0.278. The van der Waals surface area contributed by atoms with Gasteiger partial charge in [0.05, 0.1) is 4.90 Å². The molecule has 23 heavy (non-hydrogen) atoms. The molecule has 0 saturated carbocycles. The van der Waals surface area contributed by atoms with Gasteiger partial charge in [-0.3, -0.25) is 4.79 Å². The van der Waals surface area contributed by atoms with E-state index in [-0.39, 0.29) is 17.3 Å². The van der Waals surface area contributed by atoms with Crippen LogP contribution in [0.25, 0.3) is 0 Å². The van der Waals surface area contributed by atoms with Crippen LogP contribution in [0.1, 0.15) is 5.56 Å². The van der Waals surface area contributed by atoms with E-state index in [0.717, 1.165) is 5.56 Å². The topological polar surface area (TPSA) is 63.2 Å². The predicted molar refractivity (Wildman–Crippen MR) is 86.6 cm³/mol. The zero-order valence-corrected chi connectivity index (χ0v) is 13.7. The molecular weight excluding hydrogens is 341 g/mol. The zero-order chi connectivity index (χ0) is 16.9. The number of nitrogens with one attached hydrogen (secondary N) is 1. The molecule has 122 valence electrons. The third kappa shape index (κ3) is 5.33. The van der Waals surface area contributed by atoms with Crippen molar-refractivity contribution in [1.82, 2.24) is 5.32 Å². The first-order valence-corrected chi connectivity index (χ1v) is 8.89. The van der Waals surface area contributed by atoms with Gasteiger partial charge in [0.25, 0.3) is 0 Å². The predicted octanol–water partition coefficient (Wildman–Crippen LogP) is 2.61. The van der Waals surface area contributed by atoms with E-state index in [1.54, 1.807) is 12.1 Å². The molecule has 0 atom stereocenters. The Balaban J connectivity index is 1.86. The van der Waals surface area contributed by atoms with Crippen LogP contribution in [0, 0.1) is 5.82 Å². The molecule has 7 heteroatoms. The van der Waals surface area contributed by atoms with E-state index in [2.05, 4.69) is 5.32 Å². The van der Waals surface area contributed by atoms with E-state index in [9.17, 15) is 17.6 Å². The number of hydrogen-bond acceptors (Lipinski definition) is 3. The van der Waals surface area contributed by atoms with E-state index in [1.165, 1.54) is 36.4 Å². The minimum Gasteiger partial charge on any atom is -0.355 e. The SMILES string of the molecule is O=C(CS(=O)(=O)c1ccc(Cl)cc1)NCCc1ccc(F)cc1. The monoisotopic (exact) mass is 355 g/mol. The second kappa shape index (κ2) is 7.57. The molecule has 0 aromatic heterocycles. The normalized spacial score (nSPS) is 11.2. The lowest BCUT2D eigenvalue weighted by Crippen LogP contribution is -2.31. The minimum atomic E-state index is -3.70. The molecule has 0 radical (unpaired) electrons.